The number of fused-ring (bicyclic) bond motifs is 14. The first kappa shape index (κ1) is 35.6. The minimum Gasteiger partial charge on any atom is -0.375 e. The van der Waals surface area contributed by atoms with Gasteiger partial charge < -0.3 is 9.05 Å². The Labute approximate surface area is 334 Å². The van der Waals surface area contributed by atoms with Crippen molar-refractivity contribution >= 4 is 72.2 Å². The summed E-state index contributed by atoms with van der Waals surface area (Å²) in [6, 6.07) is 0. The highest BCUT2D eigenvalue weighted by atomic mass is 15.0. The van der Waals surface area contributed by atoms with Gasteiger partial charge in [-0.3, -0.25) is 0 Å². The maximum atomic E-state index is 2.89. The van der Waals surface area contributed by atoms with Gasteiger partial charge in [0.25, 0.3) is 0 Å². The van der Waals surface area contributed by atoms with Crippen LogP contribution in [0.4, 0.5) is 0 Å². The molecule has 56 heavy (non-hydrogen) atoms. The Morgan fingerprint density at radius 2 is 0.643 bits per heavy atom. The molecule has 3 heteroatoms. The van der Waals surface area contributed by atoms with Gasteiger partial charge in [-0.25, -0.2) is 0 Å². The van der Waals surface area contributed by atoms with Crippen LogP contribution < -0.4 is 10.9 Å². The molecule has 8 aromatic rings. The monoisotopic (exact) mass is 732 g/mol. The van der Waals surface area contributed by atoms with Gasteiger partial charge >= 0.3 is 6.85 Å². The molecular formula is C53H57BN2. The van der Waals surface area contributed by atoms with E-state index in [2.05, 4.69) is 141 Å². The van der Waals surface area contributed by atoms with Gasteiger partial charge in [0.15, 0.2) is 0 Å². The molecule has 0 amide bonds. The van der Waals surface area contributed by atoms with Crippen molar-refractivity contribution in [2.75, 3.05) is 0 Å². The SMILES string of the molecule is Cc1c(C)c(C)c2c(c1C)B1c3c(c4c(C)c(C)c(C)c(C)c4c4c5c(C)c(C)c(C)c(C)c5n-2c34)-c2c(C)c(C)c(C)c3c4c(C)c(C)c(C)c(C)c4n1c23. The number of benzene rings is 6. The summed E-state index contributed by atoms with van der Waals surface area (Å²) in [5.74, 6) is 0. The van der Waals surface area contributed by atoms with E-state index in [1.807, 2.05) is 0 Å². The van der Waals surface area contributed by atoms with Crippen molar-refractivity contribution < 1.29 is 0 Å². The van der Waals surface area contributed by atoms with Crippen LogP contribution in [0.5, 0.6) is 0 Å². The van der Waals surface area contributed by atoms with E-state index in [1.54, 1.807) is 0 Å². The van der Waals surface area contributed by atoms with Gasteiger partial charge in [-0.1, -0.05) is 0 Å². The number of rotatable bonds is 0. The average Bonchev–Trinajstić information content (AvgIpc) is 3.72. The van der Waals surface area contributed by atoms with E-state index < -0.39 is 0 Å². The summed E-state index contributed by atoms with van der Waals surface area (Å²) in [4.78, 5) is 0. The first-order chi connectivity index (χ1) is 26.3. The summed E-state index contributed by atoms with van der Waals surface area (Å²) in [5, 5.41) is 8.76. The van der Waals surface area contributed by atoms with E-state index in [4.69, 9.17) is 0 Å². The zero-order chi connectivity index (χ0) is 40.4. The van der Waals surface area contributed by atoms with E-state index in [0.717, 1.165) is 0 Å². The quantitative estimate of drug-likeness (QED) is 0.137. The Morgan fingerprint density at radius 3 is 1.20 bits per heavy atom. The minimum absolute atomic E-state index is 0.0278. The Morgan fingerprint density at radius 1 is 0.250 bits per heavy atom. The molecule has 6 aromatic carbocycles. The second-order valence-electron chi connectivity index (χ2n) is 18.6. The number of hydrogen-bond acceptors (Lipinski definition) is 0. The second kappa shape index (κ2) is 10.8. The van der Waals surface area contributed by atoms with Crippen molar-refractivity contribution in [3.05, 3.63) is 106 Å². The molecule has 0 radical (unpaired) electrons. The third-order valence-electron chi connectivity index (χ3n) is 17.0. The molecule has 10 rings (SSSR count). The van der Waals surface area contributed by atoms with Crippen LogP contribution in [-0.2, 0) is 0 Å². The van der Waals surface area contributed by atoms with Crippen LogP contribution in [0, 0.1) is 132 Å². The normalized spacial score (nSPS) is 13.2. The molecule has 0 unspecified atom stereocenters. The van der Waals surface area contributed by atoms with Crippen LogP contribution in [0.25, 0.3) is 71.2 Å². The lowest BCUT2D eigenvalue weighted by Crippen LogP contribution is -2.57. The predicted octanol–water partition coefficient (Wildman–Crippen LogP) is 12.9. The fourth-order valence-electron chi connectivity index (χ4n) is 12.3. The van der Waals surface area contributed by atoms with Crippen LogP contribution in [0.1, 0.15) is 106 Å². The molecule has 0 saturated carbocycles. The molecule has 0 atom stereocenters. The fraction of sp³-hybridized carbons (Fsp3) is 0.358. The summed E-state index contributed by atoms with van der Waals surface area (Å²) in [6.07, 6.45) is 0. The molecular weight excluding hydrogens is 675 g/mol. The van der Waals surface area contributed by atoms with Crippen molar-refractivity contribution in [3.8, 4) is 16.8 Å². The minimum atomic E-state index is 0.0278. The van der Waals surface area contributed by atoms with E-state index in [0.29, 0.717) is 0 Å². The molecule has 0 saturated heterocycles. The summed E-state index contributed by atoms with van der Waals surface area (Å²) < 4.78 is 5.70. The topological polar surface area (TPSA) is 9.86 Å². The van der Waals surface area contributed by atoms with Gasteiger partial charge in [-0.2, -0.15) is 0 Å². The highest BCUT2D eigenvalue weighted by molar-refractivity contribution is 6.91. The summed E-state index contributed by atoms with van der Waals surface area (Å²) >= 11 is 0. The Bertz CT molecular complexity index is 3320. The van der Waals surface area contributed by atoms with Crippen molar-refractivity contribution in [3.63, 3.8) is 0 Å². The first-order valence-electron chi connectivity index (χ1n) is 21.0. The molecule has 282 valence electrons. The van der Waals surface area contributed by atoms with Gasteiger partial charge in [0.2, 0.25) is 0 Å². The maximum absolute atomic E-state index is 2.89. The Hall–Kier alpha value is -4.76. The Kier molecular flexibility index (Phi) is 6.87. The molecule has 0 fully saturated rings. The van der Waals surface area contributed by atoms with Crippen molar-refractivity contribution in [1.82, 2.24) is 9.05 Å². The van der Waals surface area contributed by atoms with Gasteiger partial charge in [0.05, 0.1) is 11.0 Å². The van der Waals surface area contributed by atoms with Crippen LogP contribution in [-0.4, -0.2) is 15.9 Å². The molecule has 0 spiro atoms. The lowest BCUT2D eigenvalue weighted by atomic mass is 9.43. The standard InChI is InChI=1S/C53H57BN2/c1-20-21(2)30(11)40-39(29(20)10)45-43-34(15)28(9)33(14)42-41-31(12)23(4)26(7)37(18)50(41)56(52(42)43)54-47-35(16)24(5)27(8)38(19)51(47)55-49-36(17)25(6)22(3)32(13)44(49)46(40)53(55)48(45)54/h1-19H3. The lowest BCUT2D eigenvalue weighted by Gasteiger charge is -2.38. The molecule has 2 aliphatic rings. The van der Waals surface area contributed by atoms with Crippen LogP contribution in [0.3, 0.4) is 0 Å². The highest BCUT2D eigenvalue weighted by Crippen LogP contribution is 2.54. The highest BCUT2D eigenvalue weighted by Gasteiger charge is 2.46. The molecule has 4 heterocycles. The molecule has 0 bridgehead atoms. The summed E-state index contributed by atoms with van der Waals surface area (Å²) in [7, 11) is 0. The van der Waals surface area contributed by atoms with E-state index >= 15 is 0 Å². The predicted molar refractivity (Wildman–Crippen MR) is 247 cm³/mol. The summed E-state index contributed by atoms with van der Waals surface area (Å²) in [6.45, 7) is 45.5. The molecule has 0 N–H and O–H groups in total. The smallest absolute Gasteiger partial charge is 0.333 e. The number of aryl methyl sites for hydroxylation is 7. The van der Waals surface area contributed by atoms with Crippen LogP contribution >= 0.6 is 0 Å². The third-order valence-corrected chi connectivity index (χ3v) is 17.0. The largest absolute Gasteiger partial charge is 0.375 e. The second-order valence-corrected chi connectivity index (χ2v) is 18.6. The zero-order valence-corrected chi connectivity index (χ0v) is 37.5. The number of hydrogen-bond donors (Lipinski definition) is 0. The number of aromatic nitrogens is 2. The van der Waals surface area contributed by atoms with Crippen molar-refractivity contribution in [2.45, 2.75) is 132 Å². The molecule has 2 aliphatic heterocycles. The molecule has 2 aromatic heterocycles. The number of nitrogens with zero attached hydrogens (tertiary/aromatic N) is 2. The van der Waals surface area contributed by atoms with E-state index in [-0.39, 0.29) is 6.85 Å². The molecule has 0 aliphatic carbocycles. The Balaban J connectivity index is 1.71. The fourth-order valence-corrected chi connectivity index (χ4v) is 12.3. The zero-order valence-electron chi connectivity index (χ0n) is 37.5. The van der Waals surface area contributed by atoms with Crippen LogP contribution in [0.2, 0.25) is 0 Å². The van der Waals surface area contributed by atoms with Gasteiger partial charge in [-0.15, -0.1) is 0 Å². The van der Waals surface area contributed by atoms with E-state index in [1.165, 1.54) is 188 Å². The van der Waals surface area contributed by atoms with Crippen molar-refractivity contribution in [2.24, 2.45) is 0 Å². The van der Waals surface area contributed by atoms with E-state index in [9.17, 15) is 0 Å². The third kappa shape index (κ3) is 3.57. The maximum Gasteiger partial charge on any atom is 0.333 e. The summed E-state index contributed by atoms with van der Waals surface area (Å²) in [5.41, 5.74) is 40.1. The lowest BCUT2D eigenvalue weighted by molar-refractivity contribution is 1.09. The van der Waals surface area contributed by atoms with Crippen LogP contribution in [0.15, 0.2) is 0 Å². The average molecular weight is 733 g/mol. The van der Waals surface area contributed by atoms with Gasteiger partial charge in [0.1, 0.15) is 0 Å². The first-order valence-corrected chi connectivity index (χ1v) is 21.0. The van der Waals surface area contributed by atoms with Gasteiger partial charge in [-0.05, 0) is 265 Å². The van der Waals surface area contributed by atoms with Gasteiger partial charge in [0, 0.05) is 43.8 Å². The molecule has 2 nitrogen and oxygen atoms in total. The van der Waals surface area contributed by atoms with Crippen molar-refractivity contribution in [1.29, 1.82) is 0 Å².